The first-order valence-corrected chi connectivity index (χ1v) is 7.71. The summed E-state index contributed by atoms with van der Waals surface area (Å²) in [6.07, 6.45) is 0. The summed E-state index contributed by atoms with van der Waals surface area (Å²) in [5, 5.41) is 0. The summed E-state index contributed by atoms with van der Waals surface area (Å²) in [6, 6.07) is 4.15. The lowest BCUT2D eigenvalue weighted by Gasteiger charge is -2.11. The van der Waals surface area contributed by atoms with E-state index in [1.807, 2.05) is 4.72 Å². The number of hydrogen-bond donors (Lipinski definition) is 2. The van der Waals surface area contributed by atoms with Crippen molar-refractivity contribution < 1.29 is 21.6 Å². The van der Waals surface area contributed by atoms with Crippen LogP contribution in [-0.2, 0) is 10.0 Å². The van der Waals surface area contributed by atoms with Crippen LogP contribution in [0.2, 0.25) is 0 Å². The third-order valence-electron chi connectivity index (χ3n) is 2.52. The molecule has 0 aliphatic carbocycles. The molecule has 112 valence electrons. The maximum atomic E-state index is 13.6. The zero-order chi connectivity index (χ0) is 15.8. The average Bonchev–Trinajstić information content (AvgIpc) is 2.38. The SMILES string of the molecule is Nc1ccc(F)cc1S(=O)(=O)Nc1cc(F)c(Br)cc1F. The van der Waals surface area contributed by atoms with E-state index in [1.54, 1.807) is 0 Å². The van der Waals surface area contributed by atoms with Crippen molar-refractivity contribution in [1.29, 1.82) is 0 Å². The van der Waals surface area contributed by atoms with Crippen molar-refractivity contribution in [3.8, 4) is 0 Å². The fourth-order valence-corrected chi connectivity index (χ4v) is 3.06. The van der Waals surface area contributed by atoms with E-state index in [2.05, 4.69) is 15.9 Å². The maximum absolute atomic E-state index is 13.6. The highest BCUT2D eigenvalue weighted by molar-refractivity contribution is 9.10. The molecule has 2 aromatic carbocycles. The van der Waals surface area contributed by atoms with E-state index in [9.17, 15) is 21.6 Å². The normalized spacial score (nSPS) is 11.4. The first-order valence-electron chi connectivity index (χ1n) is 5.43. The van der Waals surface area contributed by atoms with E-state index in [4.69, 9.17) is 5.73 Å². The minimum Gasteiger partial charge on any atom is -0.398 e. The van der Waals surface area contributed by atoms with Crippen LogP contribution in [0, 0.1) is 17.5 Å². The first-order chi connectivity index (χ1) is 9.70. The summed E-state index contributed by atoms with van der Waals surface area (Å²) in [5.41, 5.74) is 4.63. The van der Waals surface area contributed by atoms with Crippen molar-refractivity contribution in [2.24, 2.45) is 0 Å². The number of benzene rings is 2. The van der Waals surface area contributed by atoms with Crippen LogP contribution >= 0.6 is 15.9 Å². The summed E-state index contributed by atoms with van der Waals surface area (Å²) < 4.78 is 65.9. The fraction of sp³-hybridized carbons (Fsp3) is 0. The predicted octanol–water partition coefficient (Wildman–Crippen LogP) is 3.25. The molecule has 0 bridgehead atoms. The van der Waals surface area contributed by atoms with Crippen LogP contribution in [0.1, 0.15) is 0 Å². The molecule has 9 heteroatoms. The molecule has 2 rings (SSSR count). The van der Waals surface area contributed by atoms with Gasteiger partial charge in [0.2, 0.25) is 0 Å². The number of halogens is 4. The van der Waals surface area contributed by atoms with Crippen LogP contribution < -0.4 is 10.5 Å². The average molecular weight is 381 g/mol. The Hall–Kier alpha value is -1.74. The number of nitrogens with two attached hydrogens (primary N) is 1. The third kappa shape index (κ3) is 3.30. The van der Waals surface area contributed by atoms with Crippen LogP contribution in [0.15, 0.2) is 39.7 Å². The molecule has 4 nitrogen and oxygen atoms in total. The van der Waals surface area contributed by atoms with Crippen LogP contribution in [0.25, 0.3) is 0 Å². The number of nitrogens with one attached hydrogen (secondary N) is 1. The second-order valence-corrected chi connectivity index (χ2v) is 6.54. The molecule has 0 aliphatic rings. The van der Waals surface area contributed by atoms with Gasteiger partial charge in [-0.2, -0.15) is 0 Å². The molecule has 0 saturated carbocycles. The Morgan fingerprint density at radius 2 is 1.71 bits per heavy atom. The van der Waals surface area contributed by atoms with Crippen molar-refractivity contribution in [3.63, 3.8) is 0 Å². The molecule has 21 heavy (non-hydrogen) atoms. The molecule has 0 heterocycles. The van der Waals surface area contributed by atoms with Crippen molar-refractivity contribution >= 4 is 37.3 Å². The molecule has 0 saturated heterocycles. The van der Waals surface area contributed by atoms with Gasteiger partial charge in [0.05, 0.1) is 15.8 Å². The molecule has 0 amide bonds. The smallest absolute Gasteiger partial charge is 0.264 e. The summed E-state index contributed by atoms with van der Waals surface area (Å²) in [4.78, 5) is -0.565. The van der Waals surface area contributed by atoms with Crippen molar-refractivity contribution in [1.82, 2.24) is 0 Å². The molecular formula is C12H8BrF3N2O2S. The Kier molecular flexibility index (Phi) is 4.15. The van der Waals surface area contributed by atoms with Crippen molar-refractivity contribution in [3.05, 3.63) is 52.3 Å². The standard InChI is InChI=1S/C12H8BrF3N2O2S/c13-7-4-9(16)11(5-8(7)15)18-21(19,20)12-3-6(14)1-2-10(12)17/h1-5,18H,17H2. The van der Waals surface area contributed by atoms with Crippen LogP contribution in [0.3, 0.4) is 0 Å². The number of sulfonamides is 1. The van der Waals surface area contributed by atoms with E-state index in [-0.39, 0.29) is 10.2 Å². The molecular weight excluding hydrogens is 373 g/mol. The van der Waals surface area contributed by atoms with E-state index in [1.165, 1.54) is 0 Å². The lowest BCUT2D eigenvalue weighted by molar-refractivity contribution is 0.589. The van der Waals surface area contributed by atoms with Crippen molar-refractivity contribution in [2.75, 3.05) is 10.5 Å². The number of anilines is 2. The van der Waals surface area contributed by atoms with Crippen LogP contribution in [0.5, 0.6) is 0 Å². The Bertz CT molecular complexity index is 812. The third-order valence-corrected chi connectivity index (χ3v) is 4.55. The number of hydrogen-bond acceptors (Lipinski definition) is 3. The van der Waals surface area contributed by atoms with Gasteiger partial charge in [0, 0.05) is 6.07 Å². The lowest BCUT2D eigenvalue weighted by Crippen LogP contribution is -2.16. The largest absolute Gasteiger partial charge is 0.398 e. The topological polar surface area (TPSA) is 72.2 Å². The first kappa shape index (κ1) is 15.6. The Morgan fingerprint density at radius 1 is 1.05 bits per heavy atom. The molecule has 2 aromatic rings. The minimum atomic E-state index is -4.36. The van der Waals surface area contributed by atoms with E-state index in [0.717, 1.165) is 18.2 Å². The monoisotopic (exact) mass is 380 g/mol. The number of nitrogen functional groups attached to an aromatic ring is 1. The van der Waals surface area contributed by atoms with Crippen LogP contribution in [-0.4, -0.2) is 8.42 Å². The van der Waals surface area contributed by atoms with Gasteiger partial charge in [0.25, 0.3) is 10.0 Å². The second kappa shape index (κ2) is 5.57. The Balaban J connectivity index is 2.47. The van der Waals surface area contributed by atoms with Crippen molar-refractivity contribution in [2.45, 2.75) is 4.90 Å². The van der Waals surface area contributed by atoms with E-state index in [0.29, 0.717) is 12.1 Å². The molecule has 0 spiro atoms. The molecule has 3 N–H and O–H groups in total. The fourth-order valence-electron chi connectivity index (χ4n) is 1.54. The Morgan fingerprint density at radius 3 is 2.38 bits per heavy atom. The van der Waals surface area contributed by atoms with Crippen LogP contribution in [0.4, 0.5) is 24.5 Å². The summed E-state index contributed by atoms with van der Waals surface area (Å²) in [5.74, 6) is -2.69. The highest BCUT2D eigenvalue weighted by Crippen LogP contribution is 2.27. The molecule has 0 aliphatic heterocycles. The molecule has 0 unspecified atom stereocenters. The van der Waals surface area contributed by atoms with Gasteiger partial charge in [0.15, 0.2) is 0 Å². The van der Waals surface area contributed by atoms with E-state index >= 15 is 0 Å². The zero-order valence-corrected chi connectivity index (χ0v) is 12.6. The summed E-state index contributed by atoms with van der Waals surface area (Å²) in [7, 11) is -4.36. The minimum absolute atomic E-state index is 0.159. The molecule has 0 atom stereocenters. The van der Waals surface area contributed by atoms with Gasteiger partial charge >= 0.3 is 0 Å². The molecule has 0 fully saturated rings. The van der Waals surface area contributed by atoms with Gasteiger partial charge in [-0.1, -0.05) is 0 Å². The van der Waals surface area contributed by atoms with Gasteiger partial charge in [-0.25, -0.2) is 21.6 Å². The Labute approximate surface area is 127 Å². The van der Waals surface area contributed by atoms with Gasteiger partial charge in [0.1, 0.15) is 22.3 Å². The number of rotatable bonds is 3. The van der Waals surface area contributed by atoms with Gasteiger partial charge < -0.3 is 5.73 Å². The highest BCUT2D eigenvalue weighted by atomic mass is 79.9. The van der Waals surface area contributed by atoms with Gasteiger partial charge in [-0.15, -0.1) is 0 Å². The van der Waals surface area contributed by atoms with Gasteiger partial charge in [-0.3, -0.25) is 4.72 Å². The quantitative estimate of drug-likeness (QED) is 0.634. The lowest BCUT2D eigenvalue weighted by atomic mass is 10.3. The molecule has 0 radical (unpaired) electrons. The predicted molar refractivity (Wildman–Crippen MR) is 75.7 cm³/mol. The summed E-state index contributed by atoms with van der Waals surface area (Å²) in [6.45, 7) is 0. The maximum Gasteiger partial charge on any atom is 0.264 e. The second-order valence-electron chi connectivity index (χ2n) is 4.03. The zero-order valence-electron chi connectivity index (χ0n) is 10.2. The van der Waals surface area contributed by atoms with E-state index < -0.39 is 38.1 Å². The molecule has 0 aromatic heterocycles. The van der Waals surface area contributed by atoms with Gasteiger partial charge in [-0.05, 0) is 40.2 Å². The highest BCUT2D eigenvalue weighted by Gasteiger charge is 2.21. The summed E-state index contributed by atoms with van der Waals surface area (Å²) >= 11 is 2.76.